The predicted octanol–water partition coefficient (Wildman–Crippen LogP) is 2.88. The summed E-state index contributed by atoms with van der Waals surface area (Å²) in [5.41, 5.74) is 2.00. The highest BCUT2D eigenvalue weighted by Crippen LogP contribution is 2.10. The predicted molar refractivity (Wildman–Crippen MR) is 74.9 cm³/mol. The van der Waals surface area contributed by atoms with E-state index < -0.39 is 0 Å². The molecule has 1 heterocycles. The normalized spacial score (nSPS) is 11.0. The quantitative estimate of drug-likeness (QED) is 0.829. The number of nitrogens with one attached hydrogen (secondary N) is 1. The molecule has 0 aliphatic carbocycles. The summed E-state index contributed by atoms with van der Waals surface area (Å²) in [7, 11) is 0. The highest BCUT2D eigenvalue weighted by Gasteiger charge is 2.02. The molecular weight excluding hydrogens is 240 g/mol. The van der Waals surface area contributed by atoms with Crippen LogP contribution < -0.4 is 10.1 Å². The van der Waals surface area contributed by atoms with Crippen molar-refractivity contribution in [1.29, 1.82) is 0 Å². The van der Waals surface area contributed by atoms with Gasteiger partial charge in [-0.2, -0.15) is 4.98 Å². The van der Waals surface area contributed by atoms with E-state index in [-0.39, 0.29) is 0 Å². The second-order valence-corrected chi connectivity index (χ2v) is 4.01. The highest BCUT2D eigenvalue weighted by atomic mass is 16.6. The Hall–Kier alpha value is -2.07. The Labute approximate surface area is 113 Å². The number of oxazole rings is 1. The lowest BCUT2D eigenvalue weighted by atomic mass is 10.2. The molecule has 0 amide bonds. The van der Waals surface area contributed by atoms with Gasteiger partial charge in [-0.1, -0.05) is 43.3 Å². The number of hydrogen-bond acceptors (Lipinski definition) is 4. The van der Waals surface area contributed by atoms with Gasteiger partial charge in [0.05, 0.1) is 5.69 Å². The molecule has 0 fully saturated rings. The summed E-state index contributed by atoms with van der Waals surface area (Å²) in [5, 5.41) is 3.17. The average molecular weight is 258 g/mol. The van der Waals surface area contributed by atoms with Crippen molar-refractivity contribution in [2.45, 2.75) is 13.5 Å². The first kappa shape index (κ1) is 13.4. The molecule has 0 aliphatic rings. The average Bonchev–Trinajstić information content (AvgIpc) is 2.90. The third-order valence-corrected chi connectivity index (χ3v) is 2.50. The van der Waals surface area contributed by atoms with Gasteiger partial charge in [0.1, 0.15) is 12.9 Å². The molecule has 1 N–H and O–H groups in total. The minimum absolute atomic E-state index is 0.311. The first-order chi connectivity index (χ1) is 9.38. The van der Waals surface area contributed by atoms with E-state index in [0.717, 1.165) is 17.8 Å². The number of ether oxygens (including phenoxy) is 1. The number of benzene rings is 1. The summed E-state index contributed by atoms with van der Waals surface area (Å²) < 4.78 is 10.6. The van der Waals surface area contributed by atoms with Crippen molar-refractivity contribution in [2.24, 2.45) is 0 Å². The Bertz CT molecular complexity index is 506. The minimum atomic E-state index is 0.311. The van der Waals surface area contributed by atoms with Crippen molar-refractivity contribution in [3.63, 3.8) is 0 Å². The number of nitrogens with zero attached hydrogens (tertiary/aromatic N) is 1. The van der Waals surface area contributed by atoms with Crippen LogP contribution in [-0.4, -0.2) is 18.1 Å². The van der Waals surface area contributed by atoms with Gasteiger partial charge in [0.2, 0.25) is 0 Å². The van der Waals surface area contributed by atoms with Crippen molar-refractivity contribution in [1.82, 2.24) is 10.3 Å². The summed E-state index contributed by atoms with van der Waals surface area (Å²) in [6.07, 6.45) is 5.86. The molecule has 0 radical (unpaired) electrons. The molecular formula is C15H18N2O2. The Morgan fingerprint density at radius 1 is 1.32 bits per heavy atom. The van der Waals surface area contributed by atoms with Crippen LogP contribution in [0.15, 0.2) is 47.1 Å². The zero-order chi connectivity index (χ0) is 13.3. The molecule has 4 heteroatoms. The van der Waals surface area contributed by atoms with Crippen LogP contribution in [0.2, 0.25) is 0 Å². The van der Waals surface area contributed by atoms with Crippen LogP contribution in [0.5, 0.6) is 6.08 Å². The second kappa shape index (κ2) is 7.38. The highest BCUT2D eigenvalue weighted by molar-refractivity contribution is 5.48. The van der Waals surface area contributed by atoms with E-state index in [0.29, 0.717) is 19.2 Å². The second-order valence-electron chi connectivity index (χ2n) is 4.01. The van der Waals surface area contributed by atoms with Crippen molar-refractivity contribution in [2.75, 3.05) is 13.2 Å². The lowest BCUT2D eigenvalue weighted by Crippen LogP contribution is -2.11. The summed E-state index contributed by atoms with van der Waals surface area (Å²) in [6, 6.07) is 10.1. The molecule has 100 valence electrons. The summed E-state index contributed by atoms with van der Waals surface area (Å²) in [4.78, 5) is 4.21. The standard InChI is InChI=1S/C15H18N2O2/c1-2-16-11-14-12-19-15(17-14)18-10-6-9-13-7-4-3-5-8-13/h3-9,12,16H,2,10-11H2,1H3/b9-6+. The van der Waals surface area contributed by atoms with Gasteiger partial charge < -0.3 is 14.5 Å². The molecule has 0 bridgehead atoms. The number of rotatable bonds is 7. The van der Waals surface area contributed by atoms with Crippen LogP contribution in [0.3, 0.4) is 0 Å². The van der Waals surface area contributed by atoms with Crippen molar-refractivity contribution in [3.05, 3.63) is 53.9 Å². The van der Waals surface area contributed by atoms with Crippen molar-refractivity contribution < 1.29 is 9.15 Å². The molecule has 1 aromatic carbocycles. The molecule has 19 heavy (non-hydrogen) atoms. The maximum atomic E-state index is 5.40. The van der Waals surface area contributed by atoms with E-state index in [1.165, 1.54) is 0 Å². The first-order valence-corrected chi connectivity index (χ1v) is 6.38. The Morgan fingerprint density at radius 2 is 2.16 bits per heavy atom. The Balaban J connectivity index is 1.76. The maximum Gasteiger partial charge on any atom is 0.394 e. The zero-order valence-corrected chi connectivity index (χ0v) is 11.0. The van der Waals surface area contributed by atoms with Crippen LogP contribution >= 0.6 is 0 Å². The van der Waals surface area contributed by atoms with Gasteiger partial charge in [-0.15, -0.1) is 0 Å². The van der Waals surface area contributed by atoms with E-state index in [2.05, 4.69) is 10.3 Å². The summed E-state index contributed by atoms with van der Waals surface area (Å²) >= 11 is 0. The Kier molecular flexibility index (Phi) is 5.19. The lowest BCUT2D eigenvalue weighted by molar-refractivity contribution is 0.259. The molecule has 2 rings (SSSR count). The molecule has 0 spiro atoms. The van der Waals surface area contributed by atoms with Gasteiger partial charge in [-0.3, -0.25) is 0 Å². The third kappa shape index (κ3) is 4.60. The SMILES string of the molecule is CCNCc1coc(OC/C=C/c2ccccc2)n1. The molecule has 1 aromatic heterocycles. The zero-order valence-electron chi connectivity index (χ0n) is 11.0. The van der Waals surface area contributed by atoms with Crippen LogP contribution in [0.25, 0.3) is 6.08 Å². The fraction of sp³-hybridized carbons (Fsp3) is 0.267. The molecule has 0 atom stereocenters. The monoisotopic (exact) mass is 258 g/mol. The van der Waals surface area contributed by atoms with E-state index >= 15 is 0 Å². The third-order valence-electron chi connectivity index (χ3n) is 2.50. The fourth-order valence-corrected chi connectivity index (χ4v) is 1.56. The van der Waals surface area contributed by atoms with Crippen LogP contribution in [0, 0.1) is 0 Å². The van der Waals surface area contributed by atoms with Gasteiger partial charge in [0.25, 0.3) is 0 Å². The van der Waals surface area contributed by atoms with Crippen molar-refractivity contribution >= 4 is 6.08 Å². The van der Waals surface area contributed by atoms with E-state index in [4.69, 9.17) is 9.15 Å². The summed E-state index contributed by atoms with van der Waals surface area (Å²) in [6.45, 7) is 4.09. The van der Waals surface area contributed by atoms with E-state index in [9.17, 15) is 0 Å². The van der Waals surface area contributed by atoms with E-state index in [1.807, 2.05) is 49.4 Å². The Morgan fingerprint density at radius 3 is 2.95 bits per heavy atom. The van der Waals surface area contributed by atoms with Crippen molar-refractivity contribution in [3.8, 4) is 6.08 Å². The topological polar surface area (TPSA) is 47.3 Å². The van der Waals surface area contributed by atoms with Gasteiger partial charge in [-0.05, 0) is 18.2 Å². The number of hydrogen-bond donors (Lipinski definition) is 1. The van der Waals surface area contributed by atoms with Crippen LogP contribution in [0.1, 0.15) is 18.2 Å². The van der Waals surface area contributed by atoms with Gasteiger partial charge in [0, 0.05) is 6.54 Å². The van der Waals surface area contributed by atoms with Gasteiger partial charge >= 0.3 is 6.08 Å². The molecule has 0 aliphatic heterocycles. The summed E-state index contributed by atoms with van der Waals surface area (Å²) in [5.74, 6) is 0. The molecule has 0 saturated heterocycles. The van der Waals surface area contributed by atoms with Crippen LogP contribution in [0.4, 0.5) is 0 Å². The lowest BCUT2D eigenvalue weighted by Gasteiger charge is -1.96. The largest absolute Gasteiger partial charge is 0.446 e. The fourth-order valence-electron chi connectivity index (χ4n) is 1.56. The molecule has 2 aromatic rings. The van der Waals surface area contributed by atoms with Gasteiger partial charge in [0.15, 0.2) is 0 Å². The van der Waals surface area contributed by atoms with Gasteiger partial charge in [-0.25, -0.2) is 0 Å². The first-order valence-electron chi connectivity index (χ1n) is 6.38. The molecule has 0 unspecified atom stereocenters. The van der Waals surface area contributed by atoms with Crippen LogP contribution in [-0.2, 0) is 6.54 Å². The smallest absolute Gasteiger partial charge is 0.394 e. The van der Waals surface area contributed by atoms with E-state index in [1.54, 1.807) is 6.26 Å². The number of aromatic nitrogens is 1. The molecule has 4 nitrogen and oxygen atoms in total. The minimum Gasteiger partial charge on any atom is -0.446 e. The molecule has 0 saturated carbocycles. The maximum absolute atomic E-state index is 5.40.